The molecule has 10 nitrogen and oxygen atoms in total. The fourth-order valence-electron chi connectivity index (χ4n) is 2.56. The molecule has 23 heavy (non-hydrogen) atoms. The van der Waals surface area contributed by atoms with E-state index in [9.17, 15) is 5.11 Å². The van der Waals surface area contributed by atoms with Crippen LogP contribution in [0, 0.1) is 12.0 Å². The number of hydrogen-bond donors (Lipinski definition) is 4. The smallest absolute Gasteiger partial charge is 0.233 e. The topological polar surface area (TPSA) is 160 Å². The zero-order chi connectivity index (χ0) is 16.6. The van der Waals surface area contributed by atoms with E-state index >= 15 is 0 Å². The molecule has 0 aliphatic carbocycles. The van der Waals surface area contributed by atoms with E-state index in [2.05, 4.69) is 37.0 Å². The van der Waals surface area contributed by atoms with Gasteiger partial charge >= 0.3 is 0 Å². The zero-order valence-electron chi connectivity index (χ0n) is 12.3. The molecule has 0 aromatic rings. The standard InChI is InChI=1S/C13H16N6O4/c1-22-3-2-6-10-11(14)16-13(15,17-12(10)19-18-6)9-4-7(21)8(5-20)23-9/h7-9,20-21H,4-5,15H2,1H3,(H2,14,16). The van der Waals surface area contributed by atoms with Crippen LogP contribution in [-0.2, 0) is 9.47 Å². The highest BCUT2D eigenvalue weighted by Crippen LogP contribution is 2.33. The second-order valence-electron chi connectivity index (χ2n) is 5.22. The molecular formula is C13H16N6O4. The molecule has 0 spiro atoms. The van der Waals surface area contributed by atoms with Gasteiger partial charge in [0.15, 0.2) is 11.5 Å². The lowest BCUT2D eigenvalue weighted by molar-refractivity contribution is -0.0416. The molecule has 3 rings (SSSR count). The summed E-state index contributed by atoms with van der Waals surface area (Å²) in [5.74, 6) is 1.37. The summed E-state index contributed by atoms with van der Waals surface area (Å²) in [4.78, 5) is 8.43. The molecule has 0 saturated carbocycles. The van der Waals surface area contributed by atoms with E-state index in [4.69, 9.17) is 21.3 Å². The van der Waals surface area contributed by atoms with Crippen molar-refractivity contribution in [2.45, 2.75) is 30.5 Å². The molecule has 4 unspecified atom stereocenters. The van der Waals surface area contributed by atoms with Crippen molar-refractivity contribution in [2.75, 3.05) is 13.7 Å². The Labute approximate surface area is 131 Å². The predicted molar refractivity (Wildman–Crippen MR) is 79.0 cm³/mol. The molecule has 0 aromatic carbocycles. The lowest BCUT2D eigenvalue weighted by Crippen LogP contribution is -2.52. The second kappa shape index (κ2) is 5.71. The number of rotatable bonds is 2. The van der Waals surface area contributed by atoms with Gasteiger partial charge in [-0.2, -0.15) is 0 Å². The molecule has 1 saturated heterocycles. The Morgan fingerprint density at radius 2 is 2.22 bits per heavy atom. The van der Waals surface area contributed by atoms with Gasteiger partial charge in [0.1, 0.15) is 24.2 Å². The number of hydrogen-bond acceptors (Lipinski definition) is 10. The van der Waals surface area contributed by atoms with Crippen molar-refractivity contribution in [3.8, 4) is 12.0 Å². The van der Waals surface area contributed by atoms with Crippen LogP contribution in [0.1, 0.15) is 6.42 Å². The minimum Gasteiger partial charge on any atom is -0.450 e. The van der Waals surface area contributed by atoms with Gasteiger partial charge in [0.2, 0.25) is 5.79 Å². The fourth-order valence-corrected chi connectivity index (χ4v) is 2.56. The van der Waals surface area contributed by atoms with Gasteiger partial charge in [-0.05, 0) is 5.92 Å². The van der Waals surface area contributed by atoms with Crippen molar-refractivity contribution < 1.29 is 19.7 Å². The van der Waals surface area contributed by atoms with Crippen molar-refractivity contribution in [2.24, 2.45) is 31.7 Å². The van der Waals surface area contributed by atoms with Crippen LogP contribution in [0.15, 0.2) is 31.5 Å². The van der Waals surface area contributed by atoms with Crippen LogP contribution >= 0.6 is 0 Å². The van der Waals surface area contributed by atoms with Crippen LogP contribution in [0.3, 0.4) is 0 Å². The summed E-state index contributed by atoms with van der Waals surface area (Å²) >= 11 is 0. The fraction of sp³-hybridized carbons (Fsp3) is 0.538. The van der Waals surface area contributed by atoms with Gasteiger partial charge in [0.25, 0.3) is 0 Å². The number of allylic oxidation sites excluding steroid dienone is 1. The van der Waals surface area contributed by atoms with E-state index in [0.29, 0.717) is 5.57 Å². The third-order valence-electron chi connectivity index (χ3n) is 3.69. The summed E-state index contributed by atoms with van der Waals surface area (Å²) in [6.45, 7) is -0.328. The summed E-state index contributed by atoms with van der Waals surface area (Å²) in [5.41, 5.74) is 12.8. The molecule has 0 aromatic heterocycles. The zero-order valence-corrected chi connectivity index (χ0v) is 12.3. The Balaban J connectivity index is 1.93. The number of aliphatic hydroxyl groups excluding tert-OH is 2. The Hall–Kier alpha value is -2.32. The molecule has 0 amide bonds. The summed E-state index contributed by atoms with van der Waals surface area (Å²) in [7, 11) is 1.42. The van der Waals surface area contributed by atoms with Gasteiger partial charge < -0.3 is 25.4 Å². The maximum Gasteiger partial charge on any atom is 0.233 e. The number of azo groups is 1. The molecule has 122 valence electrons. The van der Waals surface area contributed by atoms with Crippen LogP contribution in [0.2, 0.25) is 0 Å². The van der Waals surface area contributed by atoms with Crippen molar-refractivity contribution in [1.29, 1.82) is 0 Å². The van der Waals surface area contributed by atoms with Crippen LogP contribution in [-0.4, -0.2) is 59.7 Å². The first kappa shape index (κ1) is 15.6. The number of aliphatic hydroxyl groups is 2. The molecule has 1 fully saturated rings. The molecule has 0 radical (unpaired) electrons. The van der Waals surface area contributed by atoms with Crippen molar-refractivity contribution in [1.82, 2.24) is 0 Å². The number of nitrogens with two attached hydrogens (primary N) is 2. The minimum absolute atomic E-state index is 0.0773. The molecule has 6 N–H and O–H groups in total. The summed E-state index contributed by atoms with van der Waals surface area (Å²) in [6.07, 6.45) is 0.231. The Morgan fingerprint density at radius 3 is 2.87 bits per heavy atom. The van der Waals surface area contributed by atoms with E-state index in [1.165, 1.54) is 7.11 Å². The van der Waals surface area contributed by atoms with Gasteiger partial charge in [0.05, 0.1) is 25.4 Å². The van der Waals surface area contributed by atoms with E-state index in [1.54, 1.807) is 0 Å². The summed E-state index contributed by atoms with van der Waals surface area (Å²) in [5, 5.41) is 26.8. The predicted octanol–water partition coefficient (Wildman–Crippen LogP) is -1.79. The third-order valence-corrected chi connectivity index (χ3v) is 3.69. The largest absolute Gasteiger partial charge is 0.450 e. The second-order valence-corrected chi connectivity index (χ2v) is 5.22. The highest BCUT2D eigenvalue weighted by Gasteiger charge is 2.48. The van der Waals surface area contributed by atoms with E-state index in [0.717, 1.165) is 0 Å². The lowest BCUT2D eigenvalue weighted by atomic mass is 10.0. The molecule has 3 heterocycles. The van der Waals surface area contributed by atoms with Crippen molar-refractivity contribution in [3.05, 3.63) is 11.3 Å². The lowest BCUT2D eigenvalue weighted by Gasteiger charge is -2.30. The molecule has 4 atom stereocenters. The normalized spacial score (nSPS) is 35.4. The maximum absolute atomic E-state index is 9.84. The SMILES string of the molecule is COC#CC1=C2C(N)=NC(N)(C3CC(O)C(CO)O3)N=C2N=N1. The van der Waals surface area contributed by atoms with Crippen LogP contribution < -0.4 is 11.5 Å². The van der Waals surface area contributed by atoms with Crippen molar-refractivity contribution >= 4 is 11.7 Å². The van der Waals surface area contributed by atoms with E-state index in [-0.39, 0.29) is 30.4 Å². The van der Waals surface area contributed by atoms with Gasteiger partial charge in [-0.1, -0.05) is 0 Å². The first-order chi connectivity index (χ1) is 11.0. The maximum atomic E-state index is 9.84. The number of nitrogens with zero attached hydrogens (tertiary/aromatic N) is 4. The molecule has 3 aliphatic heterocycles. The molecule has 3 aliphatic rings. The first-order valence-corrected chi connectivity index (χ1v) is 6.87. The van der Waals surface area contributed by atoms with Crippen LogP contribution in [0.5, 0.6) is 0 Å². The molecular weight excluding hydrogens is 304 g/mol. The minimum atomic E-state index is -1.54. The van der Waals surface area contributed by atoms with Crippen LogP contribution in [0.25, 0.3) is 0 Å². The number of aliphatic imine (C=N–C) groups is 2. The monoisotopic (exact) mass is 320 g/mol. The number of fused-ring (bicyclic) bond motifs is 1. The number of amidine groups is 2. The van der Waals surface area contributed by atoms with Crippen LogP contribution in [0.4, 0.5) is 0 Å². The quantitative estimate of drug-likeness (QED) is 0.439. The highest BCUT2D eigenvalue weighted by molar-refractivity contribution is 6.25. The first-order valence-electron chi connectivity index (χ1n) is 6.87. The van der Waals surface area contributed by atoms with Crippen molar-refractivity contribution in [3.63, 3.8) is 0 Å². The van der Waals surface area contributed by atoms with Gasteiger partial charge in [-0.25, -0.2) is 9.98 Å². The third kappa shape index (κ3) is 2.60. The van der Waals surface area contributed by atoms with E-state index < -0.39 is 24.1 Å². The molecule has 10 heteroatoms. The Morgan fingerprint density at radius 1 is 1.43 bits per heavy atom. The Kier molecular flexibility index (Phi) is 3.87. The number of ether oxygens (including phenoxy) is 2. The van der Waals surface area contributed by atoms with E-state index in [1.807, 2.05) is 0 Å². The van der Waals surface area contributed by atoms with Gasteiger partial charge in [-0.15, -0.1) is 10.2 Å². The van der Waals surface area contributed by atoms with Gasteiger partial charge in [0, 0.05) is 6.42 Å². The highest BCUT2D eigenvalue weighted by atomic mass is 16.5. The molecule has 0 bridgehead atoms. The number of methoxy groups -OCH3 is 1. The average molecular weight is 320 g/mol. The van der Waals surface area contributed by atoms with Gasteiger partial charge in [-0.3, -0.25) is 5.73 Å². The average Bonchev–Trinajstić information content (AvgIpc) is 3.08. The summed E-state index contributed by atoms with van der Waals surface area (Å²) in [6, 6.07) is 0. The summed E-state index contributed by atoms with van der Waals surface area (Å²) < 4.78 is 10.2. The Bertz CT molecular complexity index is 703.